The first-order chi connectivity index (χ1) is 9.14. The van der Waals surface area contributed by atoms with Crippen LogP contribution < -0.4 is 11.1 Å². The predicted molar refractivity (Wildman–Crippen MR) is 73.4 cm³/mol. The summed E-state index contributed by atoms with van der Waals surface area (Å²) in [6, 6.07) is -0.289. The van der Waals surface area contributed by atoms with Gasteiger partial charge in [0.15, 0.2) is 0 Å². The minimum absolute atomic E-state index is 0.0474. The van der Waals surface area contributed by atoms with Gasteiger partial charge in [-0.15, -0.1) is 0 Å². The molecule has 108 valence electrons. The second-order valence-corrected chi connectivity index (χ2v) is 5.82. The van der Waals surface area contributed by atoms with Crippen LogP contribution in [0.4, 0.5) is 0 Å². The highest BCUT2D eigenvalue weighted by Crippen LogP contribution is 2.38. The molecule has 1 unspecified atom stereocenters. The molecule has 1 saturated carbocycles. The predicted octanol–water partition coefficient (Wildman–Crippen LogP) is 0.633. The summed E-state index contributed by atoms with van der Waals surface area (Å²) in [5.41, 5.74) is 5.50. The van der Waals surface area contributed by atoms with E-state index >= 15 is 0 Å². The van der Waals surface area contributed by atoms with Crippen molar-refractivity contribution in [1.29, 1.82) is 0 Å². The lowest BCUT2D eigenvalue weighted by atomic mass is 9.73. The molecule has 2 rings (SSSR count). The highest BCUT2D eigenvalue weighted by Gasteiger charge is 2.45. The standard InChI is InChI=1S/C14H25N3O2/c1-16-12(18)11-6-5-9-17(11)13(19)14(10-15)7-3-2-4-8-14/h11H,2-10,15H2,1H3,(H,16,18). The fourth-order valence-electron chi connectivity index (χ4n) is 3.49. The smallest absolute Gasteiger partial charge is 0.242 e. The normalized spacial score (nSPS) is 26.2. The second-order valence-electron chi connectivity index (χ2n) is 5.82. The van der Waals surface area contributed by atoms with E-state index < -0.39 is 5.41 Å². The number of rotatable bonds is 3. The summed E-state index contributed by atoms with van der Waals surface area (Å²) in [7, 11) is 1.63. The quantitative estimate of drug-likeness (QED) is 0.787. The van der Waals surface area contributed by atoms with Crippen LogP contribution in [0.1, 0.15) is 44.9 Å². The molecule has 5 nitrogen and oxygen atoms in total. The molecule has 3 N–H and O–H groups in total. The third kappa shape index (κ3) is 2.61. The zero-order chi connectivity index (χ0) is 13.9. The number of likely N-dealkylation sites (tertiary alicyclic amines) is 1. The van der Waals surface area contributed by atoms with Gasteiger partial charge in [-0.05, 0) is 25.7 Å². The molecule has 2 aliphatic rings. The first-order valence-electron chi connectivity index (χ1n) is 7.37. The Morgan fingerprint density at radius 2 is 1.95 bits per heavy atom. The molecule has 0 aromatic heterocycles. The van der Waals surface area contributed by atoms with E-state index in [0.29, 0.717) is 13.1 Å². The first-order valence-corrected chi connectivity index (χ1v) is 7.37. The molecule has 0 aromatic carbocycles. The molecule has 5 heteroatoms. The Kier molecular flexibility index (Phi) is 4.45. The van der Waals surface area contributed by atoms with Crippen LogP contribution in [0, 0.1) is 5.41 Å². The lowest BCUT2D eigenvalue weighted by Crippen LogP contribution is -2.53. The fraction of sp³-hybridized carbons (Fsp3) is 0.857. The number of nitrogens with one attached hydrogen (secondary N) is 1. The molecule has 1 aliphatic heterocycles. The van der Waals surface area contributed by atoms with E-state index in [0.717, 1.165) is 38.5 Å². The number of hydrogen-bond donors (Lipinski definition) is 2. The van der Waals surface area contributed by atoms with E-state index in [-0.39, 0.29) is 17.9 Å². The van der Waals surface area contributed by atoms with Gasteiger partial charge < -0.3 is 16.0 Å². The summed E-state index contributed by atoms with van der Waals surface area (Å²) in [4.78, 5) is 26.5. The van der Waals surface area contributed by atoms with Crippen LogP contribution in [-0.2, 0) is 9.59 Å². The van der Waals surface area contributed by atoms with Crippen molar-refractivity contribution in [3.63, 3.8) is 0 Å². The van der Waals surface area contributed by atoms with Gasteiger partial charge in [0.1, 0.15) is 6.04 Å². The van der Waals surface area contributed by atoms with Gasteiger partial charge in [-0.2, -0.15) is 0 Å². The molecule has 0 bridgehead atoms. The maximum Gasteiger partial charge on any atom is 0.242 e. The summed E-state index contributed by atoms with van der Waals surface area (Å²) in [5, 5.41) is 2.66. The van der Waals surface area contributed by atoms with Crippen LogP contribution in [0.5, 0.6) is 0 Å². The zero-order valence-corrected chi connectivity index (χ0v) is 11.8. The maximum atomic E-state index is 12.9. The van der Waals surface area contributed by atoms with Crippen molar-refractivity contribution in [3.8, 4) is 0 Å². The summed E-state index contributed by atoms with van der Waals surface area (Å²) >= 11 is 0. The molecule has 1 saturated heterocycles. The van der Waals surface area contributed by atoms with Crippen molar-refractivity contribution < 1.29 is 9.59 Å². The van der Waals surface area contributed by atoms with Crippen LogP contribution in [0.2, 0.25) is 0 Å². The number of hydrogen-bond acceptors (Lipinski definition) is 3. The highest BCUT2D eigenvalue weighted by atomic mass is 16.2. The van der Waals surface area contributed by atoms with Crippen LogP contribution in [0.25, 0.3) is 0 Å². The lowest BCUT2D eigenvalue weighted by Gasteiger charge is -2.39. The Bertz CT molecular complexity index is 351. The molecule has 2 fully saturated rings. The third-order valence-electron chi connectivity index (χ3n) is 4.72. The van der Waals surface area contributed by atoms with Gasteiger partial charge in [0.05, 0.1) is 5.41 Å². The van der Waals surface area contributed by atoms with Gasteiger partial charge in [-0.1, -0.05) is 19.3 Å². The Morgan fingerprint density at radius 1 is 1.26 bits per heavy atom. The van der Waals surface area contributed by atoms with Gasteiger partial charge in [0.2, 0.25) is 11.8 Å². The Hall–Kier alpha value is -1.10. The molecule has 2 amide bonds. The van der Waals surface area contributed by atoms with Crippen molar-refractivity contribution in [2.75, 3.05) is 20.1 Å². The lowest BCUT2D eigenvalue weighted by molar-refractivity contribution is -0.148. The molecule has 1 heterocycles. The van der Waals surface area contributed by atoms with Gasteiger partial charge in [0, 0.05) is 20.1 Å². The third-order valence-corrected chi connectivity index (χ3v) is 4.72. The molecule has 1 aliphatic carbocycles. The van der Waals surface area contributed by atoms with Crippen LogP contribution in [0.15, 0.2) is 0 Å². The fourth-order valence-corrected chi connectivity index (χ4v) is 3.49. The van der Waals surface area contributed by atoms with Crippen LogP contribution in [0.3, 0.4) is 0 Å². The number of carbonyl (C=O) groups excluding carboxylic acids is 2. The number of likely N-dealkylation sites (N-methyl/N-ethyl adjacent to an activating group) is 1. The van der Waals surface area contributed by atoms with Gasteiger partial charge in [-0.25, -0.2) is 0 Å². The molecular formula is C14H25N3O2. The summed E-state index contributed by atoms with van der Waals surface area (Å²) in [5.74, 6) is 0.0645. The molecule has 19 heavy (non-hydrogen) atoms. The summed E-state index contributed by atoms with van der Waals surface area (Å²) in [6.45, 7) is 1.10. The van der Waals surface area contributed by atoms with Gasteiger partial charge in [0.25, 0.3) is 0 Å². The monoisotopic (exact) mass is 267 g/mol. The van der Waals surface area contributed by atoms with Gasteiger partial charge >= 0.3 is 0 Å². The van der Waals surface area contributed by atoms with E-state index in [4.69, 9.17) is 5.73 Å². The van der Waals surface area contributed by atoms with Crippen molar-refractivity contribution in [2.45, 2.75) is 51.0 Å². The molecule has 0 radical (unpaired) electrons. The zero-order valence-electron chi connectivity index (χ0n) is 11.8. The second kappa shape index (κ2) is 5.90. The SMILES string of the molecule is CNC(=O)C1CCCN1C(=O)C1(CN)CCCCC1. The Balaban J connectivity index is 2.14. The maximum absolute atomic E-state index is 12.9. The molecular weight excluding hydrogens is 242 g/mol. The first kappa shape index (κ1) is 14.3. The number of carbonyl (C=O) groups is 2. The summed E-state index contributed by atoms with van der Waals surface area (Å²) in [6.07, 6.45) is 6.76. The minimum Gasteiger partial charge on any atom is -0.357 e. The highest BCUT2D eigenvalue weighted by molar-refractivity contribution is 5.90. The number of amides is 2. The van der Waals surface area contributed by atoms with E-state index in [2.05, 4.69) is 5.32 Å². The van der Waals surface area contributed by atoms with Crippen molar-refractivity contribution in [2.24, 2.45) is 11.1 Å². The number of nitrogens with two attached hydrogens (primary N) is 1. The van der Waals surface area contributed by atoms with Crippen molar-refractivity contribution in [1.82, 2.24) is 10.2 Å². The molecule has 0 aromatic rings. The Labute approximate surface area is 114 Å². The van der Waals surface area contributed by atoms with E-state index in [1.165, 1.54) is 6.42 Å². The number of nitrogens with zero attached hydrogens (tertiary/aromatic N) is 1. The van der Waals surface area contributed by atoms with Crippen molar-refractivity contribution in [3.05, 3.63) is 0 Å². The van der Waals surface area contributed by atoms with E-state index in [1.54, 1.807) is 11.9 Å². The largest absolute Gasteiger partial charge is 0.357 e. The van der Waals surface area contributed by atoms with E-state index in [9.17, 15) is 9.59 Å². The van der Waals surface area contributed by atoms with Crippen molar-refractivity contribution >= 4 is 11.8 Å². The minimum atomic E-state index is -0.408. The average molecular weight is 267 g/mol. The molecule has 1 atom stereocenters. The molecule has 0 spiro atoms. The van der Waals surface area contributed by atoms with E-state index in [1.807, 2.05) is 0 Å². The average Bonchev–Trinajstić information content (AvgIpc) is 2.95. The van der Waals surface area contributed by atoms with Crippen LogP contribution >= 0.6 is 0 Å². The van der Waals surface area contributed by atoms with Gasteiger partial charge in [-0.3, -0.25) is 9.59 Å². The van der Waals surface area contributed by atoms with Crippen LogP contribution in [-0.4, -0.2) is 42.9 Å². The summed E-state index contributed by atoms with van der Waals surface area (Å²) < 4.78 is 0. The Morgan fingerprint density at radius 3 is 2.53 bits per heavy atom. The topological polar surface area (TPSA) is 75.4 Å².